The highest BCUT2D eigenvalue weighted by Gasteiger charge is 2.21. The van der Waals surface area contributed by atoms with Gasteiger partial charge in [0.05, 0.1) is 4.92 Å². The van der Waals surface area contributed by atoms with Gasteiger partial charge in [0.1, 0.15) is 5.82 Å². The van der Waals surface area contributed by atoms with Crippen LogP contribution in [0.1, 0.15) is 18.1 Å². The van der Waals surface area contributed by atoms with E-state index in [2.05, 4.69) is 5.32 Å². The molecule has 2 aromatic rings. The van der Waals surface area contributed by atoms with Crippen molar-refractivity contribution in [1.29, 1.82) is 0 Å². The lowest BCUT2D eigenvalue weighted by Gasteiger charge is -2.15. The van der Waals surface area contributed by atoms with Crippen molar-refractivity contribution >= 4 is 11.6 Å². The van der Waals surface area contributed by atoms with Crippen LogP contribution in [0, 0.1) is 22.9 Å². The fourth-order valence-electron chi connectivity index (χ4n) is 2.05. The average molecular weight is 332 g/mol. The van der Waals surface area contributed by atoms with Gasteiger partial charge in [-0.05, 0) is 43.2 Å². The van der Waals surface area contributed by atoms with Crippen molar-refractivity contribution in [1.82, 2.24) is 5.32 Å². The lowest BCUT2D eigenvalue weighted by atomic mass is 10.2. The first-order valence-corrected chi connectivity index (χ1v) is 7.30. The minimum absolute atomic E-state index is 0.0371. The van der Waals surface area contributed by atoms with Gasteiger partial charge >= 0.3 is 5.69 Å². The third-order valence-corrected chi connectivity index (χ3v) is 3.36. The normalized spacial score (nSPS) is 11.6. The molecule has 0 aliphatic rings. The Morgan fingerprint density at radius 3 is 2.58 bits per heavy atom. The second kappa shape index (κ2) is 7.54. The molecule has 1 atom stereocenters. The number of ether oxygens (including phenoxy) is 1. The molecule has 0 unspecified atom stereocenters. The summed E-state index contributed by atoms with van der Waals surface area (Å²) in [4.78, 5) is 22.6. The van der Waals surface area contributed by atoms with Crippen molar-refractivity contribution in [3.05, 3.63) is 69.5 Å². The van der Waals surface area contributed by atoms with E-state index in [1.807, 2.05) is 0 Å². The Hall–Kier alpha value is -2.96. The maximum absolute atomic E-state index is 12.8. The van der Waals surface area contributed by atoms with Crippen LogP contribution >= 0.6 is 0 Å². The average Bonchev–Trinajstić information content (AvgIpc) is 2.55. The van der Waals surface area contributed by atoms with Crippen LogP contribution in [0.4, 0.5) is 10.1 Å². The Morgan fingerprint density at radius 2 is 1.96 bits per heavy atom. The van der Waals surface area contributed by atoms with Crippen molar-refractivity contribution < 1.29 is 18.8 Å². The fourth-order valence-corrected chi connectivity index (χ4v) is 2.05. The van der Waals surface area contributed by atoms with Crippen LogP contribution in [-0.2, 0) is 11.3 Å². The first-order valence-electron chi connectivity index (χ1n) is 7.30. The molecule has 0 fully saturated rings. The molecule has 1 amide bonds. The van der Waals surface area contributed by atoms with Crippen molar-refractivity contribution in [2.45, 2.75) is 26.5 Å². The van der Waals surface area contributed by atoms with Crippen molar-refractivity contribution in [3.63, 3.8) is 0 Å². The summed E-state index contributed by atoms with van der Waals surface area (Å²) in [5.74, 6) is -0.738. The van der Waals surface area contributed by atoms with Gasteiger partial charge in [0, 0.05) is 12.6 Å². The second-order valence-electron chi connectivity index (χ2n) is 5.33. The van der Waals surface area contributed by atoms with Gasteiger partial charge in [0.25, 0.3) is 5.91 Å². The number of halogens is 1. The first kappa shape index (κ1) is 17.4. The second-order valence-corrected chi connectivity index (χ2v) is 5.33. The number of nitrogens with zero attached hydrogens (tertiary/aromatic N) is 1. The minimum atomic E-state index is -0.910. The molecule has 24 heavy (non-hydrogen) atoms. The lowest BCUT2D eigenvalue weighted by Crippen LogP contribution is -2.36. The number of benzene rings is 2. The molecular formula is C17H17FN2O4. The summed E-state index contributed by atoms with van der Waals surface area (Å²) < 4.78 is 18.2. The van der Waals surface area contributed by atoms with E-state index in [0.717, 1.165) is 11.1 Å². The van der Waals surface area contributed by atoms with E-state index in [4.69, 9.17) is 4.74 Å². The molecule has 2 rings (SSSR count). The maximum Gasteiger partial charge on any atom is 0.311 e. The number of aryl methyl sites for hydroxylation is 1. The van der Waals surface area contributed by atoms with Crippen LogP contribution < -0.4 is 10.1 Å². The van der Waals surface area contributed by atoms with Gasteiger partial charge in [-0.2, -0.15) is 0 Å². The van der Waals surface area contributed by atoms with Crippen LogP contribution in [0.25, 0.3) is 0 Å². The number of amides is 1. The highest BCUT2D eigenvalue weighted by molar-refractivity contribution is 5.80. The predicted molar refractivity (Wildman–Crippen MR) is 86.2 cm³/mol. The third kappa shape index (κ3) is 4.52. The Morgan fingerprint density at radius 1 is 1.29 bits per heavy atom. The molecule has 0 spiro atoms. The Labute approximate surface area is 138 Å². The largest absolute Gasteiger partial charge is 0.474 e. The van der Waals surface area contributed by atoms with E-state index in [0.29, 0.717) is 0 Å². The van der Waals surface area contributed by atoms with Crippen LogP contribution in [0.2, 0.25) is 0 Å². The Balaban J connectivity index is 1.99. The third-order valence-electron chi connectivity index (χ3n) is 3.36. The molecule has 0 radical (unpaired) electrons. The molecule has 0 saturated carbocycles. The van der Waals surface area contributed by atoms with E-state index in [-0.39, 0.29) is 23.8 Å². The van der Waals surface area contributed by atoms with Gasteiger partial charge in [-0.1, -0.05) is 18.2 Å². The van der Waals surface area contributed by atoms with Gasteiger partial charge in [-0.3, -0.25) is 14.9 Å². The number of hydrogen-bond donors (Lipinski definition) is 1. The van der Waals surface area contributed by atoms with Gasteiger partial charge in [-0.25, -0.2) is 4.39 Å². The molecule has 0 bridgehead atoms. The summed E-state index contributed by atoms with van der Waals surface area (Å²) in [5.41, 5.74) is 1.27. The highest BCUT2D eigenvalue weighted by atomic mass is 19.1. The number of carbonyl (C=O) groups is 1. The molecular weight excluding hydrogens is 315 g/mol. The van der Waals surface area contributed by atoms with Crippen LogP contribution in [0.3, 0.4) is 0 Å². The van der Waals surface area contributed by atoms with Crippen LogP contribution in [0.15, 0.2) is 42.5 Å². The first-order chi connectivity index (χ1) is 11.4. The summed E-state index contributed by atoms with van der Waals surface area (Å²) in [6.07, 6.45) is -0.910. The number of nitrogens with one attached hydrogen (secondary N) is 1. The summed E-state index contributed by atoms with van der Waals surface area (Å²) in [7, 11) is 0. The maximum atomic E-state index is 12.8. The number of nitro benzene ring substituents is 1. The molecule has 0 aliphatic heterocycles. The standard InChI is InChI=1S/C17H17FN2O4/c1-11-3-8-16(15(9-11)20(22)23)24-12(2)17(21)19-10-13-4-6-14(18)7-5-13/h3-9,12H,10H2,1-2H3,(H,19,21)/t12-/m1/s1. The minimum Gasteiger partial charge on any atom is -0.474 e. The van der Waals surface area contributed by atoms with Crippen LogP contribution in [-0.4, -0.2) is 16.9 Å². The molecule has 0 aromatic heterocycles. The Kier molecular flexibility index (Phi) is 5.47. The molecule has 0 saturated heterocycles. The number of nitro groups is 1. The molecule has 2 aromatic carbocycles. The van der Waals surface area contributed by atoms with Gasteiger partial charge < -0.3 is 10.1 Å². The quantitative estimate of drug-likeness (QED) is 0.651. The molecule has 7 heteroatoms. The molecule has 126 valence electrons. The molecule has 6 nitrogen and oxygen atoms in total. The van der Waals surface area contributed by atoms with E-state index in [9.17, 15) is 19.3 Å². The SMILES string of the molecule is Cc1ccc(O[C@H](C)C(=O)NCc2ccc(F)cc2)c([N+](=O)[O-])c1. The number of hydrogen-bond acceptors (Lipinski definition) is 4. The lowest BCUT2D eigenvalue weighted by molar-refractivity contribution is -0.386. The van der Waals surface area contributed by atoms with Crippen LogP contribution in [0.5, 0.6) is 5.75 Å². The molecule has 0 heterocycles. The van der Waals surface area contributed by atoms with E-state index < -0.39 is 16.9 Å². The van der Waals surface area contributed by atoms with E-state index in [1.165, 1.54) is 31.2 Å². The predicted octanol–water partition coefficient (Wildman–Crippen LogP) is 3.13. The van der Waals surface area contributed by atoms with Gasteiger partial charge in [-0.15, -0.1) is 0 Å². The zero-order valence-electron chi connectivity index (χ0n) is 13.3. The highest BCUT2D eigenvalue weighted by Crippen LogP contribution is 2.28. The summed E-state index contributed by atoms with van der Waals surface area (Å²) in [6.45, 7) is 3.45. The summed E-state index contributed by atoms with van der Waals surface area (Å²) in [5, 5.41) is 13.7. The zero-order chi connectivity index (χ0) is 17.7. The smallest absolute Gasteiger partial charge is 0.311 e. The molecule has 1 N–H and O–H groups in total. The number of carbonyl (C=O) groups excluding carboxylic acids is 1. The fraction of sp³-hybridized carbons (Fsp3) is 0.235. The topological polar surface area (TPSA) is 81.5 Å². The zero-order valence-corrected chi connectivity index (χ0v) is 13.3. The van der Waals surface area contributed by atoms with Gasteiger partial charge in [0.15, 0.2) is 11.9 Å². The van der Waals surface area contributed by atoms with E-state index in [1.54, 1.807) is 25.1 Å². The van der Waals surface area contributed by atoms with Gasteiger partial charge in [0.2, 0.25) is 0 Å². The molecule has 0 aliphatic carbocycles. The number of rotatable bonds is 6. The van der Waals surface area contributed by atoms with Crippen molar-refractivity contribution in [2.24, 2.45) is 0 Å². The monoisotopic (exact) mass is 332 g/mol. The van der Waals surface area contributed by atoms with Crippen molar-refractivity contribution in [2.75, 3.05) is 0 Å². The Bertz CT molecular complexity index is 747. The summed E-state index contributed by atoms with van der Waals surface area (Å²) in [6, 6.07) is 10.3. The van der Waals surface area contributed by atoms with Crippen molar-refractivity contribution in [3.8, 4) is 5.75 Å². The summed E-state index contributed by atoms with van der Waals surface area (Å²) >= 11 is 0. The van der Waals surface area contributed by atoms with E-state index >= 15 is 0 Å².